The van der Waals surface area contributed by atoms with Gasteiger partial charge in [0.1, 0.15) is 24.0 Å². The van der Waals surface area contributed by atoms with E-state index in [0.29, 0.717) is 0 Å². The number of fused-ring (bicyclic) bond motifs is 1. The fourth-order valence-corrected chi connectivity index (χ4v) is 1.82. The van der Waals surface area contributed by atoms with Crippen LogP contribution in [0.25, 0.3) is 11.0 Å². The van der Waals surface area contributed by atoms with Crippen LogP contribution in [-0.4, -0.2) is 31.0 Å². The predicted octanol–water partition coefficient (Wildman–Crippen LogP) is 1.98. The van der Waals surface area contributed by atoms with Gasteiger partial charge in [-0.05, 0) is 26.0 Å². The second-order valence-electron chi connectivity index (χ2n) is 4.48. The zero-order chi connectivity index (χ0) is 13.3. The minimum Gasteiger partial charge on any atom is -0.497 e. The van der Waals surface area contributed by atoms with Gasteiger partial charge in [0.25, 0.3) is 0 Å². The fraction of sp³-hybridized carbons (Fsp3) is 0.462. The number of benzene rings is 1. The van der Waals surface area contributed by atoms with Crippen molar-refractivity contribution in [1.29, 1.82) is 0 Å². The van der Waals surface area contributed by atoms with Crippen LogP contribution < -0.4 is 9.57 Å². The average molecular weight is 250 g/mol. The summed E-state index contributed by atoms with van der Waals surface area (Å²) < 4.78 is 12.3. The third kappa shape index (κ3) is 1.90. The van der Waals surface area contributed by atoms with Gasteiger partial charge in [0, 0.05) is 13.2 Å². The van der Waals surface area contributed by atoms with E-state index in [1.165, 1.54) is 0 Å². The molecule has 0 saturated carbocycles. The van der Waals surface area contributed by atoms with E-state index in [4.69, 9.17) is 14.3 Å². The normalized spacial score (nSPS) is 11.8. The summed E-state index contributed by atoms with van der Waals surface area (Å²) in [5.74, 6) is 1.48. The van der Waals surface area contributed by atoms with Crippen molar-refractivity contribution in [3.63, 3.8) is 0 Å². The zero-order valence-electron chi connectivity index (χ0n) is 11.4. The van der Waals surface area contributed by atoms with E-state index in [9.17, 15) is 0 Å². The van der Waals surface area contributed by atoms with Gasteiger partial charge in [-0.1, -0.05) is 0 Å². The number of ether oxygens (including phenoxy) is 2. The molecule has 98 valence electrons. The molecule has 0 fully saturated rings. The van der Waals surface area contributed by atoms with E-state index in [1.807, 2.05) is 32.0 Å². The summed E-state index contributed by atoms with van der Waals surface area (Å²) in [6, 6.07) is 5.67. The number of hydrogen-bond acceptors (Lipinski definition) is 4. The number of aromatic nitrogens is 2. The Labute approximate surface area is 106 Å². The summed E-state index contributed by atoms with van der Waals surface area (Å²) in [7, 11) is 4.89. The SMILES string of the molecule is COc1ccc2nc(C(C)(C)OC)n(OC)c2c1. The van der Waals surface area contributed by atoms with Gasteiger partial charge in [-0.3, -0.25) is 0 Å². The summed E-state index contributed by atoms with van der Waals surface area (Å²) in [5.41, 5.74) is 1.18. The Morgan fingerprint density at radius 2 is 1.89 bits per heavy atom. The van der Waals surface area contributed by atoms with Crippen molar-refractivity contribution in [3.8, 4) is 5.75 Å². The third-order valence-electron chi connectivity index (χ3n) is 3.05. The molecule has 5 heteroatoms. The Morgan fingerprint density at radius 3 is 2.44 bits per heavy atom. The number of hydrogen-bond donors (Lipinski definition) is 0. The summed E-state index contributed by atoms with van der Waals surface area (Å²) in [6.07, 6.45) is 0. The van der Waals surface area contributed by atoms with Crippen LogP contribution in [0.5, 0.6) is 5.75 Å². The molecule has 18 heavy (non-hydrogen) atoms. The van der Waals surface area contributed by atoms with Gasteiger partial charge in [-0.25, -0.2) is 4.98 Å². The fourth-order valence-electron chi connectivity index (χ4n) is 1.82. The van der Waals surface area contributed by atoms with Crippen LogP contribution in [0.4, 0.5) is 0 Å². The zero-order valence-corrected chi connectivity index (χ0v) is 11.4. The van der Waals surface area contributed by atoms with Gasteiger partial charge in [-0.2, -0.15) is 4.73 Å². The second kappa shape index (κ2) is 4.49. The van der Waals surface area contributed by atoms with Gasteiger partial charge < -0.3 is 14.3 Å². The lowest BCUT2D eigenvalue weighted by molar-refractivity contribution is -0.00560. The molecule has 0 spiro atoms. The van der Waals surface area contributed by atoms with Crippen LogP contribution in [0.15, 0.2) is 18.2 Å². The highest BCUT2D eigenvalue weighted by Crippen LogP contribution is 2.28. The minimum absolute atomic E-state index is 0.526. The van der Waals surface area contributed by atoms with Crippen molar-refractivity contribution in [1.82, 2.24) is 9.71 Å². The van der Waals surface area contributed by atoms with Crippen molar-refractivity contribution >= 4 is 11.0 Å². The lowest BCUT2D eigenvalue weighted by Crippen LogP contribution is -2.26. The molecule has 0 saturated heterocycles. The maximum Gasteiger partial charge on any atom is 0.177 e. The lowest BCUT2D eigenvalue weighted by Gasteiger charge is -2.22. The van der Waals surface area contributed by atoms with Gasteiger partial charge in [0.15, 0.2) is 5.82 Å². The van der Waals surface area contributed by atoms with Gasteiger partial charge >= 0.3 is 0 Å². The molecule has 1 heterocycles. The summed E-state index contributed by atoms with van der Waals surface area (Å²) in [6.45, 7) is 3.89. The van der Waals surface area contributed by atoms with Crippen molar-refractivity contribution < 1.29 is 14.3 Å². The van der Waals surface area contributed by atoms with E-state index >= 15 is 0 Å². The van der Waals surface area contributed by atoms with Gasteiger partial charge in [-0.15, -0.1) is 0 Å². The lowest BCUT2D eigenvalue weighted by atomic mass is 10.1. The van der Waals surface area contributed by atoms with Crippen molar-refractivity contribution in [3.05, 3.63) is 24.0 Å². The summed E-state index contributed by atoms with van der Waals surface area (Å²) in [5, 5.41) is 0. The predicted molar refractivity (Wildman–Crippen MR) is 68.8 cm³/mol. The largest absolute Gasteiger partial charge is 0.497 e. The summed E-state index contributed by atoms with van der Waals surface area (Å²) in [4.78, 5) is 9.96. The highest BCUT2D eigenvalue weighted by Gasteiger charge is 2.28. The van der Waals surface area contributed by atoms with Crippen LogP contribution in [0.1, 0.15) is 19.7 Å². The first kappa shape index (κ1) is 12.7. The maximum absolute atomic E-state index is 5.46. The molecule has 1 aromatic carbocycles. The highest BCUT2D eigenvalue weighted by atomic mass is 16.6. The average Bonchev–Trinajstić information content (AvgIpc) is 2.76. The smallest absolute Gasteiger partial charge is 0.177 e. The first-order valence-corrected chi connectivity index (χ1v) is 5.70. The molecule has 5 nitrogen and oxygen atoms in total. The standard InChI is InChI=1S/C13H18N2O3/c1-13(2,17-4)12-14-10-7-6-9(16-3)8-11(10)15(12)18-5/h6-8H,1-5H3. The molecule has 0 N–H and O–H groups in total. The molecule has 0 aliphatic heterocycles. The molecule has 0 amide bonds. The van der Waals surface area contributed by atoms with Crippen LogP contribution in [0.2, 0.25) is 0 Å². The molecule has 0 bridgehead atoms. The van der Waals surface area contributed by atoms with Crippen molar-refractivity contribution in [2.24, 2.45) is 0 Å². The Hall–Kier alpha value is -1.75. The Bertz CT molecular complexity index is 561. The number of imidazole rings is 1. The molecule has 0 radical (unpaired) electrons. The number of methoxy groups -OCH3 is 2. The molecule has 2 rings (SSSR count). The Balaban J connectivity index is 2.69. The van der Waals surface area contributed by atoms with Gasteiger partial charge in [0.05, 0.1) is 12.6 Å². The molecule has 0 aliphatic rings. The topological polar surface area (TPSA) is 45.5 Å². The van der Waals surface area contributed by atoms with Crippen molar-refractivity contribution in [2.75, 3.05) is 21.3 Å². The monoisotopic (exact) mass is 250 g/mol. The van der Waals surface area contributed by atoms with Crippen LogP contribution in [0, 0.1) is 0 Å². The van der Waals surface area contributed by atoms with E-state index in [0.717, 1.165) is 22.6 Å². The van der Waals surface area contributed by atoms with E-state index in [2.05, 4.69) is 4.98 Å². The molecule has 0 unspecified atom stereocenters. The Kier molecular flexibility index (Phi) is 3.17. The first-order valence-electron chi connectivity index (χ1n) is 5.70. The third-order valence-corrected chi connectivity index (χ3v) is 3.05. The Morgan fingerprint density at radius 1 is 1.17 bits per heavy atom. The number of nitrogens with zero attached hydrogens (tertiary/aromatic N) is 2. The summed E-state index contributed by atoms with van der Waals surface area (Å²) >= 11 is 0. The highest BCUT2D eigenvalue weighted by molar-refractivity contribution is 5.77. The molecular formula is C13H18N2O3. The van der Waals surface area contributed by atoms with Crippen LogP contribution in [-0.2, 0) is 10.3 Å². The molecule has 1 aromatic heterocycles. The quantitative estimate of drug-likeness (QED) is 0.832. The maximum atomic E-state index is 5.46. The molecule has 0 aliphatic carbocycles. The molecular weight excluding hydrogens is 232 g/mol. The number of rotatable bonds is 4. The second-order valence-corrected chi connectivity index (χ2v) is 4.48. The van der Waals surface area contributed by atoms with E-state index in [-0.39, 0.29) is 0 Å². The van der Waals surface area contributed by atoms with E-state index in [1.54, 1.807) is 26.1 Å². The minimum atomic E-state index is -0.526. The molecule has 0 atom stereocenters. The van der Waals surface area contributed by atoms with Crippen molar-refractivity contribution in [2.45, 2.75) is 19.4 Å². The van der Waals surface area contributed by atoms with E-state index < -0.39 is 5.60 Å². The van der Waals surface area contributed by atoms with Crippen LogP contribution in [0.3, 0.4) is 0 Å². The molecule has 2 aromatic rings. The van der Waals surface area contributed by atoms with Crippen LogP contribution >= 0.6 is 0 Å². The first-order chi connectivity index (χ1) is 8.53. The van der Waals surface area contributed by atoms with Gasteiger partial charge in [0.2, 0.25) is 0 Å².